The highest BCUT2D eigenvalue weighted by Crippen LogP contribution is 2.24. The molecule has 1 saturated heterocycles. The van der Waals surface area contributed by atoms with E-state index in [1.165, 1.54) is 0 Å². The molecule has 0 saturated carbocycles. The van der Waals surface area contributed by atoms with E-state index in [1.807, 2.05) is 0 Å². The first-order valence-corrected chi connectivity index (χ1v) is 5.52. The van der Waals surface area contributed by atoms with Gasteiger partial charge in [0, 0.05) is 45.0 Å². The van der Waals surface area contributed by atoms with Crippen molar-refractivity contribution in [3.05, 3.63) is 24.3 Å². The van der Waals surface area contributed by atoms with Crippen LogP contribution in [0.25, 0.3) is 0 Å². The average Bonchev–Trinajstić information content (AvgIpc) is 2.39. The Morgan fingerprint density at radius 3 is 2.62 bits per heavy atom. The predicted molar refractivity (Wildman–Crippen MR) is 58.7 cm³/mol. The van der Waals surface area contributed by atoms with Crippen LogP contribution in [-0.4, -0.2) is 35.3 Å². The van der Waals surface area contributed by atoms with Crippen LogP contribution in [0.4, 0.5) is 0 Å². The Bertz CT molecular complexity index is 312. The van der Waals surface area contributed by atoms with Crippen molar-refractivity contribution in [2.75, 3.05) is 19.8 Å². The van der Waals surface area contributed by atoms with Crippen LogP contribution >= 0.6 is 0 Å². The minimum atomic E-state index is -0.253. The summed E-state index contributed by atoms with van der Waals surface area (Å²) in [5.41, 5.74) is 5.53. The lowest BCUT2D eigenvalue weighted by Gasteiger charge is -2.35. The van der Waals surface area contributed by atoms with Crippen LogP contribution < -0.4 is 5.73 Å². The lowest BCUT2D eigenvalue weighted by Crippen LogP contribution is -2.45. The summed E-state index contributed by atoms with van der Waals surface area (Å²) in [6.45, 7) is 2.36. The molecule has 1 aromatic heterocycles. The van der Waals surface area contributed by atoms with Gasteiger partial charge in [0.1, 0.15) is 6.61 Å². The SMILES string of the molecule is NCC1(OCc2ncccn2)CCOCC1. The Labute approximate surface area is 95.0 Å². The van der Waals surface area contributed by atoms with Gasteiger partial charge in [0.05, 0.1) is 5.60 Å². The fourth-order valence-electron chi connectivity index (χ4n) is 1.77. The zero-order valence-electron chi connectivity index (χ0n) is 9.26. The summed E-state index contributed by atoms with van der Waals surface area (Å²) in [4.78, 5) is 8.24. The Morgan fingerprint density at radius 1 is 1.31 bits per heavy atom. The number of ether oxygens (including phenoxy) is 2. The number of aromatic nitrogens is 2. The molecule has 2 heterocycles. The van der Waals surface area contributed by atoms with E-state index in [1.54, 1.807) is 18.5 Å². The zero-order valence-corrected chi connectivity index (χ0v) is 9.26. The van der Waals surface area contributed by atoms with Crippen molar-refractivity contribution in [3.8, 4) is 0 Å². The first-order valence-electron chi connectivity index (χ1n) is 5.52. The third kappa shape index (κ3) is 2.75. The van der Waals surface area contributed by atoms with Gasteiger partial charge in [0.25, 0.3) is 0 Å². The topological polar surface area (TPSA) is 70.3 Å². The molecule has 1 aliphatic rings. The molecule has 0 aromatic carbocycles. The summed E-state index contributed by atoms with van der Waals surface area (Å²) in [6, 6.07) is 1.79. The van der Waals surface area contributed by atoms with Gasteiger partial charge in [-0.1, -0.05) is 0 Å². The predicted octanol–water partition coefficient (Wildman–Crippen LogP) is 0.501. The highest BCUT2D eigenvalue weighted by Gasteiger charge is 2.32. The molecule has 0 aliphatic carbocycles. The van der Waals surface area contributed by atoms with Crippen molar-refractivity contribution in [1.82, 2.24) is 9.97 Å². The molecule has 88 valence electrons. The third-order valence-corrected chi connectivity index (χ3v) is 2.90. The van der Waals surface area contributed by atoms with Crippen LogP contribution in [0.15, 0.2) is 18.5 Å². The maximum Gasteiger partial charge on any atom is 0.153 e. The van der Waals surface area contributed by atoms with Gasteiger partial charge >= 0.3 is 0 Å². The number of rotatable bonds is 4. The number of hydrogen-bond donors (Lipinski definition) is 1. The summed E-state index contributed by atoms with van der Waals surface area (Å²) in [5, 5.41) is 0. The normalized spacial score (nSPS) is 19.6. The molecule has 0 atom stereocenters. The van der Waals surface area contributed by atoms with Crippen LogP contribution in [0.3, 0.4) is 0 Å². The van der Waals surface area contributed by atoms with E-state index in [-0.39, 0.29) is 5.60 Å². The second-order valence-electron chi connectivity index (χ2n) is 3.95. The van der Waals surface area contributed by atoms with Crippen LogP contribution in [0.1, 0.15) is 18.7 Å². The smallest absolute Gasteiger partial charge is 0.153 e. The van der Waals surface area contributed by atoms with Crippen molar-refractivity contribution in [2.24, 2.45) is 5.73 Å². The molecule has 1 aromatic rings. The molecule has 2 N–H and O–H groups in total. The molecule has 5 heteroatoms. The Kier molecular flexibility index (Phi) is 3.82. The lowest BCUT2D eigenvalue weighted by molar-refractivity contribution is -0.114. The first kappa shape index (κ1) is 11.4. The highest BCUT2D eigenvalue weighted by molar-refractivity contribution is 4.89. The quantitative estimate of drug-likeness (QED) is 0.805. The minimum Gasteiger partial charge on any atom is -0.381 e. The van der Waals surface area contributed by atoms with Crippen LogP contribution in [0.2, 0.25) is 0 Å². The average molecular weight is 223 g/mol. The van der Waals surface area contributed by atoms with Crippen LogP contribution in [0.5, 0.6) is 0 Å². The van der Waals surface area contributed by atoms with Gasteiger partial charge in [0.15, 0.2) is 5.82 Å². The second kappa shape index (κ2) is 5.34. The summed E-state index contributed by atoms with van der Waals surface area (Å²) in [5.74, 6) is 0.696. The Morgan fingerprint density at radius 2 is 2.00 bits per heavy atom. The highest BCUT2D eigenvalue weighted by atomic mass is 16.5. The van der Waals surface area contributed by atoms with Gasteiger partial charge in [-0.25, -0.2) is 9.97 Å². The maximum absolute atomic E-state index is 5.88. The fourth-order valence-corrected chi connectivity index (χ4v) is 1.77. The molecule has 0 spiro atoms. The van der Waals surface area contributed by atoms with Gasteiger partial charge in [-0.3, -0.25) is 0 Å². The molecule has 2 rings (SSSR count). The summed E-state index contributed by atoms with van der Waals surface area (Å²) in [7, 11) is 0. The van der Waals surface area contributed by atoms with E-state index >= 15 is 0 Å². The van der Waals surface area contributed by atoms with E-state index in [9.17, 15) is 0 Å². The number of nitrogens with zero attached hydrogens (tertiary/aromatic N) is 2. The molecular formula is C11H17N3O2. The van der Waals surface area contributed by atoms with Gasteiger partial charge < -0.3 is 15.2 Å². The number of hydrogen-bond acceptors (Lipinski definition) is 5. The first-order chi connectivity index (χ1) is 7.85. The third-order valence-electron chi connectivity index (χ3n) is 2.90. The minimum absolute atomic E-state index is 0.253. The zero-order chi connectivity index (χ0) is 11.3. The summed E-state index contributed by atoms with van der Waals surface area (Å²) < 4.78 is 11.2. The lowest BCUT2D eigenvalue weighted by atomic mass is 9.94. The van der Waals surface area contributed by atoms with Crippen molar-refractivity contribution in [3.63, 3.8) is 0 Å². The van der Waals surface area contributed by atoms with E-state index in [4.69, 9.17) is 15.2 Å². The summed E-state index contributed by atoms with van der Waals surface area (Å²) >= 11 is 0. The Balaban J connectivity index is 1.92. The van der Waals surface area contributed by atoms with E-state index in [0.717, 1.165) is 12.8 Å². The van der Waals surface area contributed by atoms with Crippen LogP contribution in [-0.2, 0) is 16.1 Å². The van der Waals surface area contributed by atoms with Crippen molar-refractivity contribution >= 4 is 0 Å². The molecule has 0 radical (unpaired) electrons. The van der Waals surface area contributed by atoms with Crippen LogP contribution in [0, 0.1) is 0 Å². The Hall–Kier alpha value is -1.04. The van der Waals surface area contributed by atoms with E-state index in [2.05, 4.69) is 9.97 Å². The van der Waals surface area contributed by atoms with Crippen molar-refractivity contribution in [2.45, 2.75) is 25.0 Å². The summed E-state index contributed by atoms with van der Waals surface area (Å²) in [6.07, 6.45) is 5.11. The molecule has 1 fully saturated rings. The molecule has 0 amide bonds. The molecule has 0 bridgehead atoms. The van der Waals surface area contributed by atoms with E-state index < -0.39 is 0 Å². The van der Waals surface area contributed by atoms with Gasteiger partial charge in [-0.2, -0.15) is 0 Å². The standard InChI is InChI=1S/C11H17N3O2/c12-9-11(2-6-15-7-3-11)16-8-10-13-4-1-5-14-10/h1,4-5H,2-3,6-9,12H2. The largest absolute Gasteiger partial charge is 0.381 e. The van der Waals surface area contributed by atoms with Crippen molar-refractivity contribution in [1.29, 1.82) is 0 Å². The molecule has 0 unspecified atom stereocenters. The molecule has 1 aliphatic heterocycles. The molecule has 16 heavy (non-hydrogen) atoms. The van der Waals surface area contributed by atoms with E-state index in [0.29, 0.717) is 32.2 Å². The van der Waals surface area contributed by atoms with Gasteiger partial charge in [0.2, 0.25) is 0 Å². The van der Waals surface area contributed by atoms with Gasteiger partial charge in [-0.05, 0) is 6.07 Å². The monoisotopic (exact) mass is 223 g/mol. The number of nitrogens with two attached hydrogens (primary N) is 1. The molecular weight excluding hydrogens is 206 g/mol. The maximum atomic E-state index is 5.88. The van der Waals surface area contributed by atoms with Gasteiger partial charge in [-0.15, -0.1) is 0 Å². The fraction of sp³-hybridized carbons (Fsp3) is 0.636. The second-order valence-corrected chi connectivity index (χ2v) is 3.95. The van der Waals surface area contributed by atoms with Crippen molar-refractivity contribution < 1.29 is 9.47 Å². The molecule has 5 nitrogen and oxygen atoms in total.